The van der Waals surface area contributed by atoms with E-state index in [1.807, 2.05) is 0 Å². The molecule has 0 aromatic heterocycles. The summed E-state index contributed by atoms with van der Waals surface area (Å²) >= 11 is 0. The third-order valence-electron chi connectivity index (χ3n) is 4.01. The van der Waals surface area contributed by atoms with Crippen LogP contribution in [0.1, 0.15) is 32.3 Å². The van der Waals surface area contributed by atoms with Crippen molar-refractivity contribution in [1.82, 2.24) is 0 Å². The van der Waals surface area contributed by atoms with E-state index < -0.39 is 0 Å². The molecular weight excluding hydrogens is 208 g/mol. The number of fused-ring (bicyclic) bond motifs is 1. The van der Waals surface area contributed by atoms with Gasteiger partial charge in [-0.1, -0.05) is 38.5 Å². The molecule has 0 amide bonds. The smallest absolute Gasteiger partial charge is 0.0399 e. The maximum absolute atomic E-state index is 6.27. The molecule has 0 aliphatic carbocycles. The molecule has 1 aromatic carbocycles. The monoisotopic (exact) mass is 232 g/mol. The van der Waals surface area contributed by atoms with Crippen molar-refractivity contribution in [2.24, 2.45) is 11.7 Å². The van der Waals surface area contributed by atoms with Gasteiger partial charge in [0.15, 0.2) is 0 Å². The number of nitrogens with zero attached hydrogens (tertiary/aromatic N) is 1. The third kappa shape index (κ3) is 2.81. The fraction of sp³-hybridized carbons (Fsp3) is 0.600. The topological polar surface area (TPSA) is 29.3 Å². The fourth-order valence-corrected chi connectivity index (χ4v) is 2.54. The number of anilines is 1. The van der Waals surface area contributed by atoms with Gasteiger partial charge in [-0.2, -0.15) is 0 Å². The van der Waals surface area contributed by atoms with Crippen molar-refractivity contribution < 1.29 is 0 Å². The lowest BCUT2D eigenvalue weighted by molar-refractivity contribution is 0.435. The van der Waals surface area contributed by atoms with Gasteiger partial charge in [-0.3, -0.25) is 0 Å². The van der Waals surface area contributed by atoms with E-state index in [9.17, 15) is 0 Å². The number of aryl methyl sites for hydroxylation is 1. The Morgan fingerprint density at radius 1 is 1.35 bits per heavy atom. The average molecular weight is 232 g/mol. The molecule has 0 bridgehead atoms. The highest BCUT2D eigenvalue weighted by atomic mass is 15.1. The molecule has 0 spiro atoms. The second-order valence-corrected chi connectivity index (χ2v) is 5.23. The molecule has 2 atom stereocenters. The second-order valence-electron chi connectivity index (χ2n) is 5.23. The first-order valence-corrected chi connectivity index (χ1v) is 6.80. The summed E-state index contributed by atoms with van der Waals surface area (Å²) in [4.78, 5) is 2.47. The quantitative estimate of drug-likeness (QED) is 0.865. The molecule has 2 nitrogen and oxygen atoms in total. The van der Waals surface area contributed by atoms with Crippen LogP contribution in [0.15, 0.2) is 24.3 Å². The number of benzene rings is 1. The molecule has 94 valence electrons. The van der Waals surface area contributed by atoms with Crippen molar-refractivity contribution in [3.63, 3.8) is 0 Å². The Labute approximate surface area is 105 Å². The van der Waals surface area contributed by atoms with E-state index in [2.05, 4.69) is 43.0 Å². The molecule has 2 unspecified atom stereocenters. The Kier molecular flexibility index (Phi) is 4.06. The van der Waals surface area contributed by atoms with Crippen LogP contribution in [-0.2, 0) is 6.42 Å². The molecular formula is C15H24N2. The number of rotatable bonds is 4. The molecule has 0 saturated heterocycles. The molecule has 1 aliphatic rings. The summed E-state index contributed by atoms with van der Waals surface area (Å²) in [6.45, 7) is 6.61. The van der Waals surface area contributed by atoms with E-state index in [1.165, 1.54) is 24.1 Å². The highest BCUT2D eigenvalue weighted by Crippen LogP contribution is 2.27. The first-order valence-electron chi connectivity index (χ1n) is 6.80. The van der Waals surface area contributed by atoms with Crippen molar-refractivity contribution >= 4 is 5.69 Å². The van der Waals surface area contributed by atoms with Crippen LogP contribution in [0.4, 0.5) is 5.69 Å². The molecule has 2 rings (SSSR count). The van der Waals surface area contributed by atoms with Gasteiger partial charge in [0, 0.05) is 24.8 Å². The van der Waals surface area contributed by atoms with Crippen molar-refractivity contribution in [2.45, 2.75) is 39.2 Å². The molecule has 1 aromatic rings. The Hall–Kier alpha value is -1.02. The summed E-state index contributed by atoms with van der Waals surface area (Å²) in [6, 6.07) is 9.03. The average Bonchev–Trinajstić information content (AvgIpc) is 2.38. The van der Waals surface area contributed by atoms with Gasteiger partial charge < -0.3 is 10.6 Å². The molecule has 0 fully saturated rings. The van der Waals surface area contributed by atoms with Crippen molar-refractivity contribution in [2.75, 3.05) is 18.0 Å². The van der Waals surface area contributed by atoms with Gasteiger partial charge in [-0.05, 0) is 30.4 Å². The highest BCUT2D eigenvalue weighted by Gasteiger charge is 2.20. The summed E-state index contributed by atoms with van der Waals surface area (Å²) in [5.41, 5.74) is 9.16. The second kappa shape index (κ2) is 5.54. The first-order chi connectivity index (χ1) is 8.22. The Morgan fingerprint density at radius 2 is 2.12 bits per heavy atom. The summed E-state index contributed by atoms with van der Waals surface area (Å²) in [5, 5.41) is 0. The minimum absolute atomic E-state index is 0.283. The normalized spacial score (nSPS) is 18.6. The standard InChI is InChI=1S/C15H24N2/c1-3-12(2)14(16)11-17-10-6-8-13-7-4-5-9-15(13)17/h4-5,7,9,12,14H,3,6,8,10-11,16H2,1-2H3. The van der Waals surface area contributed by atoms with E-state index in [-0.39, 0.29) is 6.04 Å². The van der Waals surface area contributed by atoms with Crippen LogP contribution in [0.5, 0.6) is 0 Å². The molecule has 1 aliphatic heterocycles. The summed E-state index contributed by atoms with van der Waals surface area (Å²) < 4.78 is 0. The minimum atomic E-state index is 0.283. The fourth-order valence-electron chi connectivity index (χ4n) is 2.54. The number of hydrogen-bond acceptors (Lipinski definition) is 2. The lowest BCUT2D eigenvalue weighted by atomic mass is 9.97. The SMILES string of the molecule is CCC(C)C(N)CN1CCCc2ccccc21. The van der Waals surface area contributed by atoms with Crippen molar-refractivity contribution in [3.8, 4) is 0 Å². The van der Waals surface area contributed by atoms with Crippen LogP contribution in [0.25, 0.3) is 0 Å². The molecule has 17 heavy (non-hydrogen) atoms. The van der Waals surface area contributed by atoms with E-state index in [0.29, 0.717) is 5.92 Å². The van der Waals surface area contributed by atoms with Gasteiger partial charge >= 0.3 is 0 Å². The van der Waals surface area contributed by atoms with Gasteiger partial charge in [-0.15, -0.1) is 0 Å². The van der Waals surface area contributed by atoms with Crippen molar-refractivity contribution in [1.29, 1.82) is 0 Å². The largest absolute Gasteiger partial charge is 0.370 e. The zero-order chi connectivity index (χ0) is 12.3. The van der Waals surface area contributed by atoms with Gasteiger partial charge in [-0.25, -0.2) is 0 Å². The van der Waals surface area contributed by atoms with Gasteiger partial charge in [0.1, 0.15) is 0 Å². The summed E-state index contributed by atoms with van der Waals surface area (Å²) in [6.07, 6.45) is 3.63. The predicted octanol–water partition coefficient (Wildman–Crippen LogP) is 2.81. The summed E-state index contributed by atoms with van der Waals surface area (Å²) in [5.74, 6) is 0.601. The highest BCUT2D eigenvalue weighted by molar-refractivity contribution is 5.55. The van der Waals surface area contributed by atoms with Gasteiger partial charge in [0.05, 0.1) is 0 Å². The van der Waals surface area contributed by atoms with E-state index in [4.69, 9.17) is 5.73 Å². The van der Waals surface area contributed by atoms with Gasteiger partial charge in [0.25, 0.3) is 0 Å². The van der Waals surface area contributed by atoms with Crippen LogP contribution in [-0.4, -0.2) is 19.1 Å². The van der Waals surface area contributed by atoms with Crippen molar-refractivity contribution in [3.05, 3.63) is 29.8 Å². The van der Waals surface area contributed by atoms with Crippen LogP contribution >= 0.6 is 0 Å². The van der Waals surface area contributed by atoms with Crippen LogP contribution in [0.3, 0.4) is 0 Å². The Morgan fingerprint density at radius 3 is 2.88 bits per heavy atom. The van der Waals surface area contributed by atoms with Gasteiger partial charge in [0.2, 0.25) is 0 Å². The number of para-hydroxylation sites is 1. The number of hydrogen-bond donors (Lipinski definition) is 1. The molecule has 0 saturated carbocycles. The zero-order valence-corrected chi connectivity index (χ0v) is 11.0. The Bertz CT molecular complexity index is 362. The molecule has 2 N–H and O–H groups in total. The minimum Gasteiger partial charge on any atom is -0.370 e. The number of nitrogens with two attached hydrogens (primary N) is 1. The molecule has 1 heterocycles. The summed E-state index contributed by atoms with van der Waals surface area (Å²) in [7, 11) is 0. The lowest BCUT2D eigenvalue weighted by Crippen LogP contribution is -2.43. The predicted molar refractivity (Wildman–Crippen MR) is 74.4 cm³/mol. The first kappa shape index (κ1) is 12.4. The maximum Gasteiger partial charge on any atom is 0.0399 e. The Balaban J connectivity index is 2.08. The van der Waals surface area contributed by atoms with E-state index >= 15 is 0 Å². The van der Waals surface area contributed by atoms with Crippen LogP contribution < -0.4 is 10.6 Å². The van der Waals surface area contributed by atoms with Crippen LogP contribution in [0.2, 0.25) is 0 Å². The maximum atomic E-state index is 6.27. The van der Waals surface area contributed by atoms with E-state index in [1.54, 1.807) is 0 Å². The van der Waals surface area contributed by atoms with Crippen LogP contribution in [0, 0.1) is 5.92 Å². The zero-order valence-electron chi connectivity index (χ0n) is 11.0. The lowest BCUT2D eigenvalue weighted by Gasteiger charge is -2.34. The molecule has 0 radical (unpaired) electrons. The molecule has 2 heteroatoms. The third-order valence-corrected chi connectivity index (χ3v) is 4.01. The van der Waals surface area contributed by atoms with E-state index in [0.717, 1.165) is 19.5 Å².